The molecular weight excluding hydrogens is 292 g/mol. The number of rotatable bonds is 2. The van der Waals surface area contributed by atoms with Gasteiger partial charge in [-0.2, -0.15) is 5.10 Å². The summed E-state index contributed by atoms with van der Waals surface area (Å²) in [5, 5.41) is 6.13. The number of benzene rings is 1. The Bertz CT molecular complexity index is 751. The Balaban J connectivity index is 1.72. The van der Waals surface area contributed by atoms with Gasteiger partial charge in [-0.05, 0) is 37.6 Å². The van der Waals surface area contributed by atoms with E-state index in [0.29, 0.717) is 13.1 Å². The Hall–Kier alpha value is -2.63. The zero-order chi connectivity index (χ0) is 16.4. The molecule has 2 heterocycles. The second-order valence-corrected chi connectivity index (χ2v) is 5.94. The van der Waals surface area contributed by atoms with Gasteiger partial charge in [0.15, 0.2) is 0 Å². The zero-order valence-electron chi connectivity index (χ0n) is 13.3. The first kappa shape index (κ1) is 15.3. The number of hydrogen-bond donors (Lipinski definition) is 1. The van der Waals surface area contributed by atoms with Gasteiger partial charge in [-0.25, -0.2) is 5.10 Å². The summed E-state index contributed by atoms with van der Waals surface area (Å²) in [5.41, 5.74) is 2.39. The third-order valence-electron chi connectivity index (χ3n) is 4.15. The van der Waals surface area contributed by atoms with Crippen molar-refractivity contribution in [2.75, 3.05) is 24.5 Å². The van der Waals surface area contributed by atoms with E-state index >= 15 is 0 Å². The highest BCUT2D eigenvalue weighted by Gasteiger charge is 2.28. The van der Waals surface area contributed by atoms with Gasteiger partial charge in [0.05, 0.1) is 0 Å². The highest BCUT2D eigenvalue weighted by molar-refractivity contribution is 5.92. The van der Waals surface area contributed by atoms with E-state index in [1.54, 1.807) is 4.90 Å². The summed E-state index contributed by atoms with van der Waals surface area (Å²) in [5.74, 6) is -0.142. The number of nitrogens with one attached hydrogen (secondary N) is 1. The molecule has 0 spiro atoms. The number of anilines is 1. The normalized spacial score (nSPS) is 18.1. The first-order chi connectivity index (χ1) is 11.0. The zero-order valence-corrected chi connectivity index (χ0v) is 13.3. The molecule has 0 bridgehead atoms. The second kappa shape index (κ2) is 6.24. The molecule has 1 aromatic carbocycles. The summed E-state index contributed by atoms with van der Waals surface area (Å²) in [6, 6.07) is 11.4. The van der Waals surface area contributed by atoms with Crippen LogP contribution >= 0.6 is 0 Å². The Morgan fingerprint density at radius 1 is 1.26 bits per heavy atom. The Morgan fingerprint density at radius 2 is 2.09 bits per heavy atom. The number of aryl methyl sites for hydroxylation is 1. The minimum atomic E-state index is -0.306. The molecule has 1 atom stereocenters. The van der Waals surface area contributed by atoms with Crippen molar-refractivity contribution in [1.82, 2.24) is 15.1 Å². The van der Waals surface area contributed by atoms with E-state index in [0.717, 1.165) is 6.54 Å². The van der Waals surface area contributed by atoms with Crippen LogP contribution in [0.1, 0.15) is 23.0 Å². The fraction of sp³-hybridized carbons (Fsp3) is 0.353. The van der Waals surface area contributed by atoms with Crippen LogP contribution in [-0.2, 0) is 0 Å². The molecule has 1 aliphatic heterocycles. The third-order valence-corrected chi connectivity index (χ3v) is 4.15. The molecule has 1 fully saturated rings. The maximum Gasteiger partial charge on any atom is 0.274 e. The first-order valence-corrected chi connectivity index (χ1v) is 7.73. The number of carbonyl (C=O) groups is 1. The van der Waals surface area contributed by atoms with Crippen molar-refractivity contribution in [3.05, 3.63) is 58.0 Å². The monoisotopic (exact) mass is 312 g/mol. The average molecular weight is 312 g/mol. The summed E-state index contributed by atoms with van der Waals surface area (Å²) in [7, 11) is 0. The molecule has 23 heavy (non-hydrogen) atoms. The lowest BCUT2D eigenvalue weighted by Gasteiger charge is -2.41. The van der Waals surface area contributed by atoms with Crippen molar-refractivity contribution >= 4 is 11.6 Å². The van der Waals surface area contributed by atoms with E-state index < -0.39 is 0 Å². The van der Waals surface area contributed by atoms with Gasteiger partial charge in [0.25, 0.3) is 11.5 Å². The topological polar surface area (TPSA) is 69.3 Å². The second-order valence-electron chi connectivity index (χ2n) is 5.94. The van der Waals surface area contributed by atoms with Crippen molar-refractivity contribution in [2.45, 2.75) is 19.9 Å². The number of aromatic nitrogens is 2. The van der Waals surface area contributed by atoms with Gasteiger partial charge in [-0.3, -0.25) is 9.59 Å². The van der Waals surface area contributed by atoms with Crippen LogP contribution in [0.4, 0.5) is 5.69 Å². The number of hydrogen-bond acceptors (Lipinski definition) is 4. The minimum Gasteiger partial charge on any atom is -0.365 e. The highest BCUT2D eigenvalue weighted by atomic mass is 16.2. The molecule has 2 aromatic rings. The van der Waals surface area contributed by atoms with E-state index in [9.17, 15) is 9.59 Å². The van der Waals surface area contributed by atoms with Crippen molar-refractivity contribution in [3.8, 4) is 0 Å². The SMILES string of the molecule is Cc1cccc(N2CCN(C(=O)c3ccc(=O)[nH]n3)CC2C)c1. The molecule has 1 saturated heterocycles. The van der Waals surface area contributed by atoms with Gasteiger partial charge < -0.3 is 9.80 Å². The summed E-state index contributed by atoms with van der Waals surface area (Å²) in [6.45, 7) is 6.24. The van der Waals surface area contributed by atoms with Gasteiger partial charge in [-0.1, -0.05) is 12.1 Å². The van der Waals surface area contributed by atoms with Crippen LogP contribution in [0.25, 0.3) is 0 Å². The average Bonchev–Trinajstić information content (AvgIpc) is 2.55. The van der Waals surface area contributed by atoms with Gasteiger partial charge in [0, 0.05) is 37.4 Å². The number of carbonyl (C=O) groups excluding carboxylic acids is 1. The lowest BCUT2D eigenvalue weighted by atomic mass is 10.1. The molecule has 6 nitrogen and oxygen atoms in total. The largest absolute Gasteiger partial charge is 0.365 e. The molecule has 1 amide bonds. The Kier molecular flexibility index (Phi) is 4.14. The van der Waals surface area contributed by atoms with Crippen molar-refractivity contribution in [1.29, 1.82) is 0 Å². The smallest absolute Gasteiger partial charge is 0.274 e. The van der Waals surface area contributed by atoms with Crippen molar-refractivity contribution in [2.24, 2.45) is 0 Å². The molecule has 0 saturated carbocycles. The minimum absolute atomic E-state index is 0.142. The van der Waals surface area contributed by atoms with Crippen molar-refractivity contribution < 1.29 is 4.79 Å². The number of nitrogens with zero attached hydrogens (tertiary/aromatic N) is 3. The molecule has 1 unspecified atom stereocenters. The van der Waals surface area contributed by atoms with E-state index in [1.807, 2.05) is 0 Å². The van der Waals surface area contributed by atoms with E-state index in [4.69, 9.17) is 0 Å². The van der Waals surface area contributed by atoms with Crippen LogP contribution < -0.4 is 10.5 Å². The molecule has 120 valence electrons. The van der Waals surface area contributed by atoms with Gasteiger partial charge in [0.2, 0.25) is 0 Å². The fourth-order valence-corrected chi connectivity index (χ4v) is 2.96. The van der Waals surface area contributed by atoms with Crippen LogP contribution in [0.2, 0.25) is 0 Å². The molecular formula is C17H20N4O2. The summed E-state index contributed by atoms with van der Waals surface area (Å²) in [4.78, 5) is 27.6. The summed E-state index contributed by atoms with van der Waals surface area (Å²) in [6.07, 6.45) is 0. The predicted octanol–water partition coefficient (Wildman–Crippen LogP) is 1.43. The highest BCUT2D eigenvalue weighted by Crippen LogP contribution is 2.22. The molecule has 1 aromatic heterocycles. The van der Waals surface area contributed by atoms with Gasteiger partial charge in [-0.15, -0.1) is 0 Å². The standard InChI is InChI=1S/C17H20N4O2/c1-12-4-3-5-14(10-12)21-9-8-20(11-13(21)2)17(23)15-6-7-16(22)19-18-15/h3-7,10,13H,8-9,11H2,1-2H3,(H,19,22). The molecule has 3 rings (SSSR count). The molecule has 1 N–H and O–H groups in total. The summed E-state index contributed by atoms with van der Waals surface area (Å²) >= 11 is 0. The molecule has 1 aliphatic rings. The third kappa shape index (κ3) is 3.26. The molecule has 6 heteroatoms. The van der Waals surface area contributed by atoms with E-state index in [1.165, 1.54) is 23.4 Å². The maximum atomic E-state index is 12.5. The van der Waals surface area contributed by atoms with E-state index in [2.05, 4.69) is 53.2 Å². The van der Waals surface area contributed by atoms with Crippen LogP contribution in [-0.4, -0.2) is 46.7 Å². The lowest BCUT2D eigenvalue weighted by molar-refractivity contribution is 0.0719. The quantitative estimate of drug-likeness (QED) is 0.911. The number of piperazine rings is 1. The number of H-pyrrole nitrogens is 1. The predicted molar refractivity (Wildman–Crippen MR) is 88.7 cm³/mol. The van der Waals surface area contributed by atoms with Crippen LogP contribution in [0.3, 0.4) is 0 Å². The summed E-state index contributed by atoms with van der Waals surface area (Å²) < 4.78 is 0. The first-order valence-electron chi connectivity index (χ1n) is 7.73. The fourth-order valence-electron chi connectivity index (χ4n) is 2.96. The Labute approximate surface area is 134 Å². The van der Waals surface area contributed by atoms with Crippen LogP contribution in [0, 0.1) is 6.92 Å². The van der Waals surface area contributed by atoms with Gasteiger partial charge in [0.1, 0.15) is 5.69 Å². The van der Waals surface area contributed by atoms with Gasteiger partial charge >= 0.3 is 0 Å². The number of aromatic amines is 1. The van der Waals surface area contributed by atoms with Crippen molar-refractivity contribution in [3.63, 3.8) is 0 Å². The number of amides is 1. The lowest BCUT2D eigenvalue weighted by Crippen LogP contribution is -2.54. The molecule has 0 aliphatic carbocycles. The Morgan fingerprint density at radius 3 is 2.74 bits per heavy atom. The molecule has 0 radical (unpaired) electrons. The van der Waals surface area contributed by atoms with Crippen LogP contribution in [0.5, 0.6) is 0 Å². The maximum absolute atomic E-state index is 12.5. The van der Waals surface area contributed by atoms with E-state index in [-0.39, 0.29) is 23.2 Å². The van der Waals surface area contributed by atoms with Crippen LogP contribution in [0.15, 0.2) is 41.2 Å².